The summed E-state index contributed by atoms with van der Waals surface area (Å²) in [6.07, 6.45) is 3.60. The predicted molar refractivity (Wildman–Crippen MR) is 65.6 cm³/mol. The van der Waals surface area contributed by atoms with Crippen molar-refractivity contribution in [3.05, 3.63) is 0 Å². The van der Waals surface area contributed by atoms with Crippen molar-refractivity contribution >= 4 is 11.8 Å². The van der Waals surface area contributed by atoms with Crippen molar-refractivity contribution in [1.82, 2.24) is 10.6 Å². The first kappa shape index (κ1) is 13.3. The summed E-state index contributed by atoms with van der Waals surface area (Å²) in [6.45, 7) is 2.24. The fraction of sp³-hybridized carbons (Fsp3) is 0.846. The summed E-state index contributed by atoms with van der Waals surface area (Å²) in [5.41, 5.74) is -0.996. The average Bonchev–Trinajstić information content (AvgIpc) is 3.00. The number of carbonyl (C=O) groups is 2. The molecule has 0 unspecified atom stereocenters. The lowest BCUT2D eigenvalue weighted by Crippen LogP contribution is -2.49. The van der Waals surface area contributed by atoms with Gasteiger partial charge < -0.3 is 10.6 Å². The summed E-state index contributed by atoms with van der Waals surface area (Å²) < 4.78 is 13.3. The number of rotatable bonds is 6. The maximum atomic E-state index is 13.3. The SMILES string of the molecule is CCC(=O)NC1CC(C(=O)NCCC2(F)CC2)C1. The van der Waals surface area contributed by atoms with Crippen LogP contribution >= 0.6 is 0 Å². The Morgan fingerprint density at radius 3 is 2.56 bits per heavy atom. The van der Waals surface area contributed by atoms with Gasteiger partial charge in [-0.2, -0.15) is 0 Å². The first-order chi connectivity index (χ1) is 8.52. The van der Waals surface area contributed by atoms with Crippen LogP contribution in [-0.2, 0) is 9.59 Å². The Hall–Kier alpha value is -1.13. The van der Waals surface area contributed by atoms with Crippen LogP contribution in [0.15, 0.2) is 0 Å². The maximum Gasteiger partial charge on any atom is 0.223 e. The zero-order valence-corrected chi connectivity index (χ0v) is 10.8. The molecular weight excluding hydrogens is 235 g/mol. The molecule has 2 aliphatic rings. The minimum atomic E-state index is -0.996. The molecule has 0 aromatic heterocycles. The lowest BCUT2D eigenvalue weighted by Gasteiger charge is -2.34. The van der Waals surface area contributed by atoms with Crippen molar-refractivity contribution in [3.8, 4) is 0 Å². The van der Waals surface area contributed by atoms with Crippen LogP contribution in [0, 0.1) is 5.92 Å². The Balaban J connectivity index is 1.56. The number of hydrogen-bond donors (Lipinski definition) is 2. The van der Waals surface area contributed by atoms with Crippen molar-refractivity contribution in [2.45, 2.75) is 57.2 Å². The van der Waals surface area contributed by atoms with Crippen LogP contribution in [0.3, 0.4) is 0 Å². The van der Waals surface area contributed by atoms with Gasteiger partial charge in [0, 0.05) is 24.9 Å². The van der Waals surface area contributed by atoms with E-state index < -0.39 is 5.67 Å². The molecule has 0 radical (unpaired) electrons. The predicted octanol–water partition coefficient (Wildman–Crippen LogP) is 1.30. The van der Waals surface area contributed by atoms with Crippen LogP contribution in [0.2, 0.25) is 0 Å². The molecule has 0 heterocycles. The number of carbonyl (C=O) groups excluding carboxylic acids is 2. The summed E-state index contributed by atoms with van der Waals surface area (Å²) in [7, 11) is 0. The third-order valence-electron chi connectivity index (χ3n) is 3.86. The summed E-state index contributed by atoms with van der Waals surface area (Å²) in [6, 6.07) is 0.143. The monoisotopic (exact) mass is 256 g/mol. The van der Waals surface area contributed by atoms with Crippen molar-refractivity contribution in [3.63, 3.8) is 0 Å². The normalized spacial score (nSPS) is 28.1. The minimum Gasteiger partial charge on any atom is -0.356 e. The van der Waals surface area contributed by atoms with Gasteiger partial charge in [0.2, 0.25) is 11.8 Å². The largest absolute Gasteiger partial charge is 0.356 e. The second-order valence-electron chi connectivity index (χ2n) is 5.48. The maximum absolute atomic E-state index is 13.3. The summed E-state index contributed by atoms with van der Waals surface area (Å²) in [4.78, 5) is 22.8. The molecule has 0 saturated heterocycles. The molecule has 2 fully saturated rings. The van der Waals surface area contributed by atoms with Crippen molar-refractivity contribution in [2.24, 2.45) is 5.92 Å². The van der Waals surface area contributed by atoms with Crippen LogP contribution < -0.4 is 10.6 Å². The molecule has 102 valence electrons. The molecule has 2 N–H and O–H groups in total. The van der Waals surface area contributed by atoms with Gasteiger partial charge in [0.25, 0.3) is 0 Å². The number of hydrogen-bond acceptors (Lipinski definition) is 2. The molecule has 0 bridgehead atoms. The lowest BCUT2D eigenvalue weighted by molar-refractivity contribution is -0.130. The highest BCUT2D eigenvalue weighted by Gasteiger charge is 2.42. The van der Waals surface area contributed by atoms with Gasteiger partial charge in [-0.05, 0) is 32.1 Å². The molecule has 0 aromatic rings. The van der Waals surface area contributed by atoms with Crippen LogP contribution in [0.4, 0.5) is 4.39 Å². The molecule has 0 aliphatic heterocycles. The van der Waals surface area contributed by atoms with Gasteiger partial charge >= 0.3 is 0 Å². The molecular formula is C13H21FN2O2. The average molecular weight is 256 g/mol. The second-order valence-corrected chi connectivity index (χ2v) is 5.48. The first-order valence-corrected chi connectivity index (χ1v) is 6.78. The Kier molecular flexibility index (Phi) is 3.88. The summed E-state index contributed by atoms with van der Waals surface area (Å²) >= 11 is 0. The van der Waals surface area contributed by atoms with Gasteiger partial charge in [0.1, 0.15) is 5.67 Å². The Morgan fingerprint density at radius 1 is 1.33 bits per heavy atom. The quantitative estimate of drug-likeness (QED) is 0.752. The zero-order valence-electron chi connectivity index (χ0n) is 10.8. The van der Waals surface area contributed by atoms with E-state index in [0.717, 1.165) is 0 Å². The van der Waals surface area contributed by atoms with Crippen LogP contribution in [0.25, 0.3) is 0 Å². The molecule has 4 nitrogen and oxygen atoms in total. The second kappa shape index (κ2) is 5.24. The molecule has 0 spiro atoms. The molecule has 2 aliphatic carbocycles. The third kappa shape index (κ3) is 3.43. The van der Waals surface area contributed by atoms with Gasteiger partial charge in [-0.1, -0.05) is 6.92 Å². The van der Waals surface area contributed by atoms with E-state index in [1.54, 1.807) is 0 Å². The van der Waals surface area contributed by atoms with E-state index in [1.165, 1.54) is 0 Å². The van der Waals surface area contributed by atoms with E-state index >= 15 is 0 Å². The van der Waals surface area contributed by atoms with Gasteiger partial charge in [0.15, 0.2) is 0 Å². The number of halogens is 1. The molecule has 2 amide bonds. The van der Waals surface area contributed by atoms with Gasteiger partial charge in [-0.15, -0.1) is 0 Å². The number of amides is 2. The highest BCUT2D eigenvalue weighted by Crippen LogP contribution is 2.42. The molecule has 5 heteroatoms. The standard InChI is InChI=1S/C13H21FN2O2/c1-2-11(17)16-10-7-9(8-10)12(18)15-6-5-13(14)3-4-13/h9-10H,2-8H2,1H3,(H,15,18)(H,16,17). The fourth-order valence-corrected chi connectivity index (χ4v) is 2.22. The van der Waals surface area contributed by atoms with Crippen molar-refractivity contribution in [2.75, 3.05) is 6.54 Å². The third-order valence-corrected chi connectivity index (χ3v) is 3.86. The first-order valence-electron chi connectivity index (χ1n) is 6.78. The minimum absolute atomic E-state index is 0.00116. The summed E-state index contributed by atoms with van der Waals surface area (Å²) in [5, 5.41) is 5.64. The van der Waals surface area contributed by atoms with E-state index in [0.29, 0.717) is 45.1 Å². The zero-order chi connectivity index (χ0) is 13.2. The van der Waals surface area contributed by atoms with Gasteiger partial charge in [0.05, 0.1) is 0 Å². The van der Waals surface area contributed by atoms with E-state index in [1.807, 2.05) is 6.92 Å². The van der Waals surface area contributed by atoms with Crippen LogP contribution in [-0.4, -0.2) is 30.1 Å². The lowest BCUT2D eigenvalue weighted by atomic mass is 9.79. The molecule has 0 atom stereocenters. The topological polar surface area (TPSA) is 58.2 Å². The molecule has 18 heavy (non-hydrogen) atoms. The van der Waals surface area contributed by atoms with Crippen molar-refractivity contribution in [1.29, 1.82) is 0 Å². The van der Waals surface area contributed by atoms with E-state index in [4.69, 9.17) is 0 Å². The van der Waals surface area contributed by atoms with E-state index in [9.17, 15) is 14.0 Å². The van der Waals surface area contributed by atoms with Gasteiger partial charge in [-0.3, -0.25) is 9.59 Å². The van der Waals surface area contributed by atoms with Crippen molar-refractivity contribution < 1.29 is 14.0 Å². The van der Waals surface area contributed by atoms with Crippen LogP contribution in [0.1, 0.15) is 45.4 Å². The fourth-order valence-electron chi connectivity index (χ4n) is 2.22. The molecule has 0 aromatic carbocycles. The number of nitrogens with one attached hydrogen (secondary N) is 2. The highest BCUT2D eigenvalue weighted by atomic mass is 19.1. The smallest absolute Gasteiger partial charge is 0.223 e. The highest BCUT2D eigenvalue weighted by molar-refractivity contribution is 5.81. The van der Waals surface area contributed by atoms with E-state index in [-0.39, 0.29) is 23.8 Å². The Morgan fingerprint density at radius 2 is 2.00 bits per heavy atom. The Labute approximate surface area is 107 Å². The Bertz CT molecular complexity index is 336. The van der Waals surface area contributed by atoms with Crippen LogP contribution in [0.5, 0.6) is 0 Å². The van der Waals surface area contributed by atoms with Gasteiger partial charge in [-0.25, -0.2) is 4.39 Å². The van der Waals surface area contributed by atoms with E-state index in [2.05, 4.69) is 10.6 Å². The molecule has 2 saturated carbocycles. The summed E-state index contributed by atoms with van der Waals surface area (Å²) in [5.74, 6) is 0.0233. The molecule has 2 rings (SSSR count). The number of alkyl halides is 1.